The van der Waals surface area contributed by atoms with Gasteiger partial charge in [0.15, 0.2) is 0 Å². The largest absolute Gasteiger partial charge is 0.363 e. The van der Waals surface area contributed by atoms with E-state index in [1.54, 1.807) is 0 Å². The molecule has 1 nitrogen and oxygen atoms in total. The molecule has 1 aromatic rings. The zero-order valence-corrected chi connectivity index (χ0v) is 9.61. The quantitative estimate of drug-likeness (QED) is 0.762. The van der Waals surface area contributed by atoms with Gasteiger partial charge in [-0.1, -0.05) is 28.1 Å². The van der Waals surface area contributed by atoms with Crippen LogP contribution < -0.4 is 0 Å². The first-order valence-electron chi connectivity index (χ1n) is 4.35. The summed E-state index contributed by atoms with van der Waals surface area (Å²) in [6, 6.07) is 8.34. The van der Waals surface area contributed by atoms with E-state index in [2.05, 4.69) is 34.1 Å². The Hall–Kier alpha value is 0.01000. The SMILES string of the molecule is Brc1cccc(C2OCCCS2)c1. The fraction of sp³-hybridized carbons (Fsp3) is 0.400. The lowest BCUT2D eigenvalue weighted by Crippen LogP contribution is -2.09. The van der Waals surface area contributed by atoms with Crippen molar-refractivity contribution in [1.82, 2.24) is 0 Å². The Bertz CT molecular complexity index is 284. The zero-order valence-electron chi connectivity index (χ0n) is 7.20. The third-order valence-corrected chi connectivity index (χ3v) is 3.68. The molecule has 0 aliphatic carbocycles. The van der Waals surface area contributed by atoms with E-state index in [4.69, 9.17) is 4.74 Å². The Kier molecular flexibility index (Phi) is 3.30. The third-order valence-electron chi connectivity index (χ3n) is 1.95. The molecular weight excluding hydrogens is 248 g/mol. The number of benzene rings is 1. The van der Waals surface area contributed by atoms with Gasteiger partial charge >= 0.3 is 0 Å². The van der Waals surface area contributed by atoms with Gasteiger partial charge in [-0.3, -0.25) is 0 Å². The summed E-state index contributed by atoms with van der Waals surface area (Å²) in [4.78, 5) is 0. The molecular formula is C10H11BrOS. The third kappa shape index (κ3) is 2.48. The molecule has 0 spiro atoms. The van der Waals surface area contributed by atoms with Gasteiger partial charge < -0.3 is 4.74 Å². The average Bonchev–Trinajstić information content (AvgIpc) is 2.19. The molecule has 0 amide bonds. The van der Waals surface area contributed by atoms with Gasteiger partial charge in [-0.2, -0.15) is 0 Å². The molecule has 0 saturated carbocycles. The van der Waals surface area contributed by atoms with Crippen LogP contribution in [0.4, 0.5) is 0 Å². The van der Waals surface area contributed by atoms with E-state index in [-0.39, 0.29) is 5.44 Å². The van der Waals surface area contributed by atoms with E-state index in [1.807, 2.05) is 17.8 Å². The molecule has 0 radical (unpaired) electrons. The van der Waals surface area contributed by atoms with E-state index in [1.165, 1.54) is 17.7 Å². The Morgan fingerprint density at radius 1 is 1.46 bits per heavy atom. The van der Waals surface area contributed by atoms with Crippen LogP contribution in [0.2, 0.25) is 0 Å². The standard InChI is InChI=1S/C10H11BrOS/c11-9-4-1-3-8(7-9)10-12-5-2-6-13-10/h1,3-4,7,10H,2,5-6H2. The van der Waals surface area contributed by atoms with Gasteiger partial charge in [0.2, 0.25) is 0 Å². The van der Waals surface area contributed by atoms with Gasteiger partial charge in [0.1, 0.15) is 5.44 Å². The minimum atomic E-state index is 0.242. The number of hydrogen-bond acceptors (Lipinski definition) is 2. The van der Waals surface area contributed by atoms with E-state index >= 15 is 0 Å². The first kappa shape index (κ1) is 9.56. The second-order valence-corrected chi connectivity index (χ2v) is 5.07. The highest BCUT2D eigenvalue weighted by Crippen LogP contribution is 2.34. The maximum absolute atomic E-state index is 5.66. The fourth-order valence-corrected chi connectivity index (χ4v) is 2.78. The molecule has 0 N–H and O–H groups in total. The topological polar surface area (TPSA) is 9.23 Å². The first-order chi connectivity index (χ1) is 6.36. The molecule has 1 saturated heterocycles. The smallest absolute Gasteiger partial charge is 0.128 e. The highest BCUT2D eigenvalue weighted by Gasteiger charge is 2.16. The highest BCUT2D eigenvalue weighted by molar-refractivity contribution is 9.10. The van der Waals surface area contributed by atoms with E-state index in [9.17, 15) is 0 Å². The van der Waals surface area contributed by atoms with Crippen molar-refractivity contribution in [3.05, 3.63) is 34.3 Å². The Balaban J connectivity index is 2.14. The molecule has 3 heteroatoms. The van der Waals surface area contributed by atoms with Gasteiger partial charge in [0, 0.05) is 11.1 Å². The van der Waals surface area contributed by atoms with Crippen LogP contribution in [0.25, 0.3) is 0 Å². The molecule has 0 bridgehead atoms. The summed E-state index contributed by atoms with van der Waals surface area (Å²) in [6.07, 6.45) is 1.18. The second kappa shape index (κ2) is 4.49. The number of rotatable bonds is 1. The normalized spacial score (nSPS) is 23.0. The summed E-state index contributed by atoms with van der Waals surface area (Å²) in [6.45, 7) is 0.893. The minimum absolute atomic E-state index is 0.242. The lowest BCUT2D eigenvalue weighted by molar-refractivity contribution is 0.106. The number of halogens is 1. The van der Waals surface area contributed by atoms with E-state index in [0.717, 1.165) is 11.1 Å². The van der Waals surface area contributed by atoms with Gasteiger partial charge in [-0.15, -0.1) is 11.8 Å². The maximum Gasteiger partial charge on any atom is 0.128 e. The average molecular weight is 259 g/mol. The van der Waals surface area contributed by atoms with Crippen LogP contribution in [0.3, 0.4) is 0 Å². The van der Waals surface area contributed by atoms with Crippen LogP contribution >= 0.6 is 27.7 Å². The molecule has 70 valence electrons. The summed E-state index contributed by atoms with van der Waals surface area (Å²) in [7, 11) is 0. The van der Waals surface area contributed by atoms with Crippen molar-refractivity contribution in [3.63, 3.8) is 0 Å². The molecule has 1 aliphatic rings. The molecule has 1 aliphatic heterocycles. The van der Waals surface area contributed by atoms with Gasteiger partial charge in [0.05, 0.1) is 0 Å². The summed E-state index contributed by atoms with van der Waals surface area (Å²) >= 11 is 5.35. The minimum Gasteiger partial charge on any atom is -0.363 e. The molecule has 1 fully saturated rings. The van der Waals surface area contributed by atoms with Crippen molar-refractivity contribution in [2.24, 2.45) is 0 Å². The van der Waals surface area contributed by atoms with Crippen molar-refractivity contribution in [1.29, 1.82) is 0 Å². The molecule has 1 atom stereocenters. The van der Waals surface area contributed by atoms with Crippen LogP contribution in [0, 0.1) is 0 Å². The lowest BCUT2D eigenvalue weighted by Gasteiger charge is -2.22. The first-order valence-corrected chi connectivity index (χ1v) is 6.19. The van der Waals surface area contributed by atoms with Crippen LogP contribution in [0.1, 0.15) is 17.4 Å². The molecule has 1 heterocycles. The number of ether oxygens (including phenoxy) is 1. The van der Waals surface area contributed by atoms with Crippen LogP contribution in [-0.2, 0) is 4.74 Å². The predicted octanol–water partition coefficient (Wildman–Crippen LogP) is 3.60. The second-order valence-electron chi connectivity index (χ2n) is 2.98. The van der Waals surface area contributed by atoms with E-state index in [0.29, 0.717) is 0 Å². The molecule has 2 rings (SSSR count). The van der Waals surface area contributed by atoms with Crippen LogP contribution in [0.5, 0.6) is 0 Å². The molecule has 0 aromatic heterocycles. The number of thioether (sulfide) groups is 1. The van der Waals surface area contributed by atoms with Crippen molar-refractivity contribution >= 4 is 27.7 Å². The van der Waals surface area contributed by atoms with Gasteiger partial charge in [-0.25, -0.2) is 0 Å². The molecule has 13 heavy (non-hydrogen) atoms. The van der Waals surface area contributed by atoms with Crippen molar-refractivity contribution in [2.75, 3.05) is 12.4 Å². The maximum atomic E-state index is 5.66. The number of hydrogen-bond donors (Lipinski definition) is 0. The summed E-state index contributed by atoms with van der Waals surface area (Å²) in [5.41, 5.74) is 1.50. The fourth-order valence-electron chi connectivity index (χ4n) is 1.33. The summed E-state index contributed by atoms with van der Waals surface area (Å²) in [5.74, 6) is 1.21. The zero-order chi connectivity index (χ0) is 9.10. The predicted molar refractivity (Wildman–Crippen MR) is 59.9 cm³/mol. The van der Waals surface area contributed by atoms with Crippen LogP contribution in [-0.4, -0.2) is 12.4 Å². The van der Waals surface area contributed by atoms with Gasteiger partial charge in [0.25, 0.3) is 0 Å². The Morgan fingerprint density at radius 3 is 3.08 bits per heavy atom. The van der Waals surface area contributed by atoms with Crippen molar-refractivity contribution in [2.45, 2.75) is 11.9 Å². The Morgan fingerprint density at radius 2 is 2.38 bits per heavy atom. The summed E-state index contributed by atoms with van der Waals surface area (Å²) in [5, 5.41) is 0. The summed E-state index contributed by atoms with van der Waals surface area (Å²) < 4.78 is 6.79. The van der Waals surface area contributed by atoms with E-state index < -0.39 is 0 Å². The van der Waals surface area contributed by atoms with Crippen molar-refractivity contribution < 1.29 is 4.74 Å². The van der Waals surface area contributed by atoms with Crippen molar-refractivity contribution in [3.8, 4) is 0 Å². The van der Waals surface area contributed by atoms with Gasteiger partial charge in [-0.05, 0) is 29.9 Å². The Labute approximate surface area is 91.0 Å². The molecule has 1 aromatic carbocycles. The lowest BCUT2D eigenvalue weighted by atomic mass is 10.2. The molecule has 1 unspecified atom stereocenters. The monoisotopic (exact) mass is 258 g/mol. The highest BCUT2D eigenvalue weighted by atomic mass is 79.9. The van der Waals surface area contributed by atoms with Crippen LogP contribution in [0.15, 0.2) is 28.7 Å².